The Morgan fingerprint density at radius 3 is 2.12 bits per heavy atom. The van der Waals surface area contributed by atoms with Crippen molar-refractivity contribution in [3.63, 3.8) is 0 Å². The molecule has 0 radical (unpaired) electrons. The summed E-state index contributed by atoms with van der Waals surface area (Å²) in [6.45, 7) is 5.64. The van der Waals surface area contributed by atoms with Crippen LogP contribution in [-0.2, 0) is 4.74 Å². The number of nitrogens with zero attached hydrogens (tertiary/aromatic N) is 1. The zero-order valence-corrected chi connectivity index (χ0v) is 9.67. The van der Waals surface area contributed by atoms with Gasteiger partial charge in [0, 0.05) is 13.1 Å². The van der Waals surface area contributed by atoms with Gasteiger partial charge in [-0.25, -0.2) is 4.79 Å². The van der Waals surface area contributed by atoms with Crippen LogP contribution >= 0.6 is 0 Å². The van der Waals surface area contributed by atoms with Crippen molar-refractivity contribution in [3.8, 4) is 0 Å². The van der Waals surface area contributed by atoms with Gasteiger partial charge in [-0.1, -0.05) is 6.92 Å². The summed E-state index contributed by atoms with van der Waals surface area (Å²) in [5.74, 6) is -0.959. The molecule has 94 valence electrons. The second-order valence-corrected chi connectivity index (χ2v) is 3.09. The van der Waals surface area contributed by atoms with E-state index in [0.29, 0.717) is 13.1 Å². The highest BCUT2D eigenvalue weighted by molar-refractivity contribution is 5.68. The fraction of sp³-hybridized carbons (Fsp3) is 0.700. The van der Waals surface area contributed by atoms with Crippen molar-refractivity contribution in [1.29, 1.82) is 0 Å². The van der Waals surface area contributed by atoms with Crippen molar-refractivity contribution >= 4 is 6.09 Å². The van der Waals surface area contributed by atoms with E-state index in [1.165, 1.54) is 11.8 Å². The fourth-order valence-electron chi connectivity index (χ4n) is 1.06. The average molecular weight is 237 g/mol. The lowest BCUT2D eigenvalue weighted by molar-refractivity contribution is 0.0819. The molecule has 0 spiro atoms. The number of rotatable bonds is 5. The van der Waals surface area contributed by atoms with Crippen LogP contribution in [0.5, 0.6) is 0 Å². The normalized spacial score (nSPS) is 11.9. The standard InChI is InChI=1S/C10H17F2NO3/c1-4-7(14)8(9(11)12)16-10(15)13(5-2)6-3/h7,14H,4-6H2,1-3H3. The molecule has 0 aromatic rings. The summed E-state index contributed by atoms with van der Waals surface area (Å²) in [5.41, 5.74) is 0. The quantitative estimate of drug-likeness (QED) is 0.747. The van der Waals surface area contributed by atoms with Crippen LogP contribution in [0.15, 0.2) is 11.8 Å². The molecule has 0 aromatic heterocycles. The summed E-state index contributed by atoms with van der Waals surface area (Å²) in [4.78, 5) is 12.6. The van der Waals surface area contributed by atoms with Crippen molar-refractivity contribution in [2.24, 2.45) is 0 Å². The Hall–Kier alpha value is -1.17. The first-order chi connectivity index (χ1) is 7.47. The lowest BCUT2D eigenvalue weighted by Crippen LogP contribution is -2.32. The van der Waals surface area contributed by atoms with Gasteiger partial charge in [0.2, 0.25) is 5.76 Å². The van der Waals surface area contributed by atoms with E-state index in [-0.39, 0.29) is 6.42 Å². The van der Waals surface area contributed by atoms with Crippen LogP contribution in [0.2, 0.25) is 0 Å². The third-order valence-electron chi connectivity index (χ3n) is 2.09. The topological polar surface area (TPSA) is 49.8 Å². The second kappa shape index (κ2) is 7.16. The average Bonchev–Trinajstić information content (AvgIpc) is 2.26. The Morgan fingerprint density at radius 2 is 1.81 bits per heavy atom. The molecular formula is C10H17F2NO3. The molecule has 1 atom stereocenters. The van der Waals surface area contributed by atoms with Gasteiger partial charge in [-0.2, -0.15) is 8.78 Å². The molecule has 1 unspecified atom stereocenters. The van der Waals surface area contributed by atoms with Gasteiger partial charge in [0.05, 0.1) is 0 Å². The maximum Gasteiger partial charge on any atom is 0.415 e. The van der Waals surface area contributed by atoms with Crippen LogP contribution in [0.1, 0.15) is 27.2 Å². The first-order valence-electron chi connectivity index (χ1n) is 5.17. The SMILES string of the molecule is CCC(O)C(OC(=O)N(CC)CC)=C(F)F. The number of hydrogen-bond donors (Lipinski definition) is 1. The highest BCUT2D eigenvalue weighted by Gasteiger charge is 2.22. The highest BCUT2D eigenvalue weighted by atomic mass is 19.3. The Morgan fingerprint density at radius 1 is 1.31 bits per heavy atom. The summed E-state index contributed by atoms with van der Waals surface area (Å²) >= 11 is 0. The van der Waals surface area contributed by atoms with Gasteiger partial charge in [0.25, 0.3) is 0 Å². The minimum Gasteiger partial charge on any atom is -0.406 e. The lowest BCUT2D eigenvalue weighted by atomic mass is 10.2. The van der Waals surface area contributed by atoms with Crippen molar-refractivity contribution in [2.75, 3.05) is 13.1 Å². The van der Waals surface area contributed by atoms with Gasteiger partial charge >= 0.3 is 12.2 Å². The molecule has 0 aliphatic carbocycles. The van der Waals surface area contributed by atoms with E-state index in [1.807, 2.05) is 0 Å². The van der Waals surface area contributed by atoms with E-state index in [0.717, 1.165) is 0 Å². The molecule has 0 heterocycles. The number of ether oxygens (including phenoxy) is 1. The van der Waals surface area contributed by atoms with Crippen LogP contribution < -0.4 is 0 Å². The molecule has 0 saturated heterocycles. The number of halogens is 2. The van der Waals surface area contributed by atoms with Crippen LogP contribution in [-0.4, -0.2) is 35.3 Å². The van der Waals surface area contributed by atoms with Crippen molar-refractivity contribution < 1.29 is 23.4 Å². The first kappa shape index (κ1) is 14.8. The Kier molecular flexibility index (Phi) is 6.64. The largest absolute Gasteiger partial charge is 0.415 e. The molecule has 1 amide bonds. The number of carbonyl (C=O) groups excluding carboxylic acids is 1. The Labute approximate surface area is 93.5 Å². The van der Waals surface area contributed by atoms with E-state index in [9.17, 15) is 18.7 Å². The van der Waals surface area contributed by atoms with Crippen molar-refractivity contribution in [2.45, 2.75) is 33.3 Å². The second-order valence-electron chi connectivity index (χ2n) is 3.09. The van der Waals surface area contributed by atoms with Crippen molar-refractivity contribution in [1.82, 2.24) is 4.90 Å². The first-order valence-corrected chi connectivity index (χ1v) is 5.17. The van der Waals surface area contributed by atoms with Crippen LogP contribution in [0.4, 0.5) is 13.6 Å². The maximum absolute atomic E-state index is 12.4. The van der Waals surface area contributed by atoms with Crippen molar-refractivity contribution in [3.05, 3.63) is 11.8 Å². The molecule has 6 heteroatoms. The van der Waals surface area contributed by atoms with Crippen LogP contribution in [0.25, 0.3) is 0 Å². The maximum atomic E-state index is 12.4. The van der Waals surface area contributed by atoms with E-state index in [2.05, 4.69) is 4.74 Å². The monoisotopic (exact) mass is 237 g/mol. The summed E-state index contributed by atoms with van der Waals surface area (Å²) in [6.07, 6.45) is -4.45. The minimum atomic E-state index is -2.17. The minimum absolute atomic E-state index is 0.0538. The summed E-state index contributed by atoms with van der Waals surface area (Å²) < 4.78 is 29.3. The van der Waals surface area contributed by atoms with E-state index in [4.69, 9.17) is 0 Å². The Bertz CT molecular complexity index is 261. The van der Waals surface area contributed by atoms with Crippen LogP contribution in [0.3, 0.4) is 0 Å². The number of amides is 1. The molecule has 0 fully saturated rings. The molecular weight excluding hydrogens is 220 g/mol. The zero-order valence-electron chi connectivity index (χ0n) is 9.67. The van der Waals surface area contributed by atoms with E-state index in [1.54, 1.807) is 13.8 Å². The van der Waals surface area contributed by atoms with Gasteiger partial charge < -0.3 is 14.7 Å². The molecule has 1 N–H and O–H groups in total. The summed E-state index contributed by atoms with van der Waals surface area (Å²) in [6, 6.07) is 0. The van der Waals surface area contributed by atoms with Gasteiger partial charge in [0.15, 0.2) is 0 Å². The summed E-state index contributed by atoms with van der Waals surface area (Å²) in [5, 5.41) is 9.23. The molecule has 0 aromatic carbocycles. The third kappa shape index (κ3) is 4.14. The molecule has 0 rings (SSSR count). The number of hydrogen-bond acceptors (Lipinski definition) is 3. The highest BCUT2D eigenvalue weighted by Crippen LogP contribution is 2.17. The van der Waals surface area contributed by atoms with E-state index < -0.39 is 24.0 Å². The van der Waals surface area contributed by atoms with E-state index >= 15 is 0 Å². The molecule has 0 saturated carbocycles. The predicted molar refractivity (Wildman–Crippen MR) is 54.9 cm³/mol. The number of carbonyl (C=O) groups is 1. The number of aliphatic hydroxyl groups excluding tert-OH is 1. The third-order valence-corrected chi connectivity index (χ3v) is 2.09. The van der Waals surface area contributed by atoms with Gasteiger partial charge in [-0.15, -0.1) is 0 Å². The van der Waals surface area contributed by atoms with Gasteiger partial charge in [-0.3, -0.25) is 0 Å². The number of aliphatic hydroxyl groups is 1. The smallest absolute Gasteiger partial charge is 0.406 e. The lowest BCUT2D eigenvalue weighted by Gasteiger charge is -2.20. The molecule has 0 aliphatic rings. The van der Waals surface area contributed by atoms with Crippen LogP contribution in [0, 0.1) is 0 Å². The summed E-state index contributed by atoms with van der Waals surface area (Å²) in [7, 11) is 0. The van der Waals surface area contributed by atoms with Gasteiger partial charge in [0.1, 0.15) is 6.10 Å². The molecule has 16 heavy (non-hydrogen) atoms. The van der Waals surface area contributed by atoms with Gasteiger partial charge in [-0.05, 0) is 20.3 Å². The zero-order chi connectivity index (χ0) is 12.7. The molecule has 0 aliphatic heterocycles. The Balaban J connectivity index is 4.66. The fourth-order valence-corrected chi connectivity index (χ4v) is 1.06. The molecule has 4 nitrogen and oxygen atoms in total. The molecule has 0 bridgehead atoms. The predicted octanol–water partition coefficient (Wildman–Crippen LogP) is 2.34.